The van der Waals surface area contributed by atoms with Crippen LogP contribution in [0.4, 0.5) is 5.69 Å². The molecule has 1 aromatic carbocycles. The minimum Gasteiger partial charge on any atom is -0.328 e. The van der Waals surface area contributed by atoms with Gasteiger partial charge in [-0.25, -0.2) is 0 Å². The Balaban J connectivity index is 2.62. The van der Waals surface area contributed by atoms with Crippen molar-refractivity contribution in [2.75, 3.05) is 17.2 Å². The lowest BCUT2D eigenvalue weighted by atomic mass is 10.3. The summed E-state index contributed by atoms with van der Waals surface area (Å²) in [5.74, 6) is 0.817. The van der Waals surface area contributed by atoms with Crippen molar-refractivity contribution in [1.82, 2.24) is 0 Å². The molecule has 0 radical (unpaired) electrons. The van der Waals surface area contributed by atoms with E-state index in [4.69, 9.17) is 23.8 Å². The maximum Gasteiger partial charge on any atom is 0.141 e. The SMILES string of the molecule is CCN(C(=S)SCC=C(C)Cl)c1ccccc1. The number of thiocarbonyl (C=S) groups is 1. The molecule has 1 rings (SSSR count). The van der Waals surface area contributed by atoms with E-state index in [1.165, 1.54) is 0 Å². The van der Waals surface area contributed by atoms with E-state index in [2.05, 4.69) is 24.0 Å². The van der Waals surface area contributed by atoms with Crippen LogP contribution >= 0.6 is 35.6 Å². The molecule has 0 amide bonds. The summed E-state index contributed by atoms with van der Waals surface area (Å²) in [6.45, 7) is 4.85. The Kier molecular flexibility index (Phi) is 6.63. The van der Waals surface area contributed by atoms with Crippen LogP contribution in [0.15, 0.2) is 41.4 Å². The Hall–Kier alpha value is -0.510. The van der Waals surface area contributed by atoms with Crippen LogP contribution in [0, 0.1) is 0 Å². The molecule has 0 aliphatic heterocycles. The minimum atomic E-state index is 0.808. The maximum absolute atomic E-state index is 5.78. The molecule has 0 spiro atoms. The van der Waals surface area contributed by atoms with Crippen molar-refractivity contribution in [2.45, 2.75) is 13.8 Å². The predicted molar refractivity (Wildman–Crippen MR) is 84.1 cm³/mol. The highest BCUT2D eigenvalue weighted by Crippen LogP contribution is 2.19. The second kappa shape index (κ2) is 7.75. The monoisotopic (exact) mass is 285 g/mol. The third kappa shape index (κ3) is 5.11. The Morgan fingerprint density at radius 1 is 1.41 bits per heavy atom. The van der Waals surface area contributed by atoms with Gasteiger partial charge in [0.25, 0.3) is 0 Å². The van der Waals surface area contributed by atoms with Crippen molar-refractivity contribution in [1.29, 1.82) is 0 Å². The van der Waals surface area contributed by atoms with Crippen molar-refractivity contribution < 1.29 is 0 Å². The largest absolute Gasteiger partial charge is 0.328 e. The molecular weight excluding hydrogens is 270 g/mol. The zero-order valence-electron chi connectivity index (χ0n) is 10.0. The fourth-order valence-electron chi connectivity index (χ4n) is 1.33. The number of hydrogen-bond acceptors (Lipinski definition) is 2. The molecule has 0 unspecified atom stereocenters. The van der Waals surface area contributed by atoms with Crippen molar-refractivity contribution in [3.8, 4) is 0 Å². The van der Waals surface area contributed by atoms with Crippen LogP contribution in [0.2, 0.25) is 0 Å². The van der Waals surface area contributed by atoms with Crippen LogP contribution in [-0.2, 0) is 0 Å². The van der Waals surface area contributed by atoms with Gasteiger partial charge in [-0.1, -0.05) is 59.9 Å². The van der Waals surface area contributed by atoms with Gasteiger partial charge in [0.2, 0.25) is 0 Å². The van der Waals surface area contributed by atoms with Crippen molar-refractivity contribution >= 4 is 45.6 Å². The average molecular weight is 286 g/mol. The van der Waals surface area contributed by atoms with Crippen molar-refractivity contribution in [3.05, 3.63) is 41.4 Å². The van der Waals surface area contributed by atoms with E-state index < -0.39 is 0 Å². The normalized spacial score (nSPS) is 11.4. The first-order chi connectivity index (χ1) is 8.15. The van der Waals surface area contributed by atoms with Gasteiger partial charge >= 0.3 is 0 Å². The molecule has 0 N–H and O–H groups in total. The number of benzene rings is 1. The molecule has 0 heterocycles. The van der Waals surface area contributed by atoms with E-state index in [0.717, 1.165) is 27.3 Å². The van der Waals surface area contributed by atoms with Gasteiger partial charge in [0, 0.05) is 23.0 Å². The maximum atomic E-state index is 5.78. The Labute approximate surface area is 118 Å². The summed E-state index contributed by atoms with van der Waals surface area (Å²) >= 11 is 12.8. The Morgan fingerprint density at radius 2 is 2.06 bits per heavy atom. The fourth-order valence-corrected chi connectivity index (χ4v) is 2.80. The Morgan fingerprint density at radius 3 is 2.59 bits per heavy atom. The second-order valence-electron chi connectivity index (χ2n) is 3.45. The summed E-state index contributed by atoms with van der Waals surface area (Å²) < 4.78 is 0.882. The summed E-state index contributed by atoms with van der Waals surface area (Å²) in [6.07, 6.45) is 1.97. The number of rotatable bonds is 4. The first kappa shape index (κ1) is 14.6. The quantitative estimate of drug-likeness (QED) is 0.740. The van der Waals surface area contributed by atoms with Crippen LogP contribution in [0.5, 0.6) is 0 Å². The molecule has 0 atom stereocenters. The number of nitrogens with zero attached hydrogens (tertiary/aromatic N) is 1. The highest BCUT2D eigenvalue weighted by molar-refractivity contribution is 8.23. The van der Waals surface area contributed by atoms with Gasteiger partial charge in [-0.2, -0.15) is 0 Å². The first-order valence-electron chi connectivity index (χ1n) is 5.46. The molecule has 4 heteroatoms. The van der Waals surface area contributed by atoms with Gasteiger partial charge in [0.15, 0.2) is 0 Å². The van der Waals surface area contributed by atoms with Gasteiger partial charge < -0.3 is 4.90 Å². The van der Waals surface area contributed by atoms with Gasteiger partial charge in [-0.05, 0) is 26.0 Å². The van der Waals surface area contributed by atoms with Crippen LogP contribution in [0.1, 0.15) is 13.8 Å². The zero-order valence-corrected chi connectivity index (χ0v) is 12.4. The highest BCUT2D eigenvalue weighted by Gasteiger charge is 2.09. The minimum absolute atomic E-state index is 0.808. The van der Waals surface area contributed by atoms with E-state index >= 15 is 0 Å². The number of allylic oxidation sites excluding steroid dienone is 1. The molecule has 0 saturated heterocycles. The molecule has 0 fully saturated rings. The molecule has 0 bridgehead atoms. The lowest BCUT2D eigenvalue weighted by molar-refractivity contribution is 1.08. The third-order valence-corrected chi connectivity index (χ3v) is 3.70. The fraction of sp³-hybridized carbons (Fsp3) is 0.308. The average Bonchev–Trinajstić information content (AvgIpc) is 2.31. The summed E-state index contributed by atoms with van der Waals surface area (Å²) in [5.41, 5.74) is 1.14. The summed E-state index contributed by atoms with van der Waals surface area (Å²) in [6, 6.07) is 10.2. The van der Waals surface area contributed by atoms with Crippen LogP contribution in [0.25, 0.3) is 0 Å². The smallest absolute Gasteiger partial charge is 0.141 e. The molecule has 0 aliphatic carbocycles. The molecule has 0 saturated carbocycles. The number of thioether (sulfide) groups is 1. The number of anilines is 1. The number of para-hydroxylation sites is 1. The van der Waals surface area contributed by atoms with Crippen molar-refractivity contribution in [2.24, 2.45) is 0 Å². The molecule has 1 aromatic rings. The summed E-state index contributed by atoms with van der Waals surface area (Å²) in [4.78, 5) is 2.12. The van der Waals surface area contributed by atoms with Crippen LogP contribution < -0.4 is 4.90 Å². The molecule has 1 nitrogen and oxygen atoms in total. The molecule has 92 valence electrons. The summed E-state index contributed by atoms with van der Waals surface area (Å²) in [5, 5.41) is 0.808. The predicted octanol–water partition coefficient (Wildman–Crippen LogP) is 4.67. The highest BCUT2D eigenvalue weighted by atomic mass is 35.5. The molecular formula is C13H16ClNS2. The van der Waals surface area contributed by atoms with E-state index in [1.807, 2.05) is 31.2 Å². The third-order valence-electron chi connectivity index (χ3n) is 2.18. The van der Waals surface area contributed by atoms with Gasteiger partial charge in [-0.15, -0.1) is 0 Å². The van der Waals surface area contributed by atoms with Crippen molar-refractivity contribution in [3.63, 3.8) is 0 Å². The van der Waals surface area contributed by atoms with Gasteiger partial charge in [0.05, 0.1) is 0 Å². The first-order valence-corrected chi connectivity index (χ1v) is 7.24. The Bertz CT molecular complexity index is 386. The van der Waals surface area contributed by atoms with E-state index in [0.29, 0.717) is 0 Å². The van der Waals surface area contributed by atoms with E-state index in [9.17, 15) is 0 Å². The second-order valence-corrected chi connectivity index (χ2v) is 5.70. The van der Waals surface area contributed by atoms with Gasteiger partial charge in [-0.3, -0.25) is 0 Å². The standard InChI is InChI=1S/C13H16ClNS2/c1-3-15(12-7-5-4-6-8-12)13(16)17-10-9-11(2)14/h4-9H,3,10H2,1-2H3. The van der Waals surface area contributed by atoms with E-state index in [1.54, 1.807) is 11.8 Å². The number of halogens is 1. The topological polar surface area (TPSA) is 3.24 Å². The van der Waals surface area contributed by atoms with Gasteiger partial charge in [0.1, 0.15) is 4.32 Å². The summed E-state index contributed by atoms with van der Waals surface area (Å²) in [7, 11) is 0. The van der Waals surface area contributed by atoms with Crippen LogP contribution in [-0.4, -0.2) is 16.6 Å². The molecule has 0 aromatic heterocycles. The lowest BCUT2D eigenvalue weighted by Crippen LogP contribution is -2.26. The van der Waals surface area contributed by atoms with Crippen LogP contribution in [0.3, 0.4) is 0 Å². The molecule has 17 heavy (non-hydrogen) atoms. The zero-order chi connectivity index (χ0) is 12.7. The number of hydrogen-bond donors (Lipinski definition) is 0. The lowest BCUT2D eigenvalue weighted by Gasteiger charge is -2.22. The van der Waals surface area contributed by atoms with E-state index in [-0.39, 0.29) is 0 Å². The molecule has 0 aliphatic rings.